The summed E-state index contributed by atoms with van der Waals surface area (Å²) in [6.45, 7) is 5.46. The highest BCUT2D eigenvalue weighted by Crippen LogP contribution is 2.01. The lowest BCUT2D eigenvalue weighted by Crippen LogP contribution is -2.02. The zero-order valence-corrected chi connectivity index (χ0v) is 7.81. The summed E-state index contributed by atoms with van der Waals surface area (Å²) in [5.74, 6) is -0.264. The molecule has 64 valence electrons. The monoisotopic (exact) mass is 176 g/mol. The van der Waals surface area contributed by atoms with E-state index in [9.17, 15) is 4.79 Å². The highest BCUT2D eigenvalue weighted by molar-refractivity contribution is 6.21. The average molecular weight is 177 g/mol. The van der Waals surface area contributed by atoms with Crippen molar-refractivity contribution in [1.82, 2.24) is 0 Å². The molecule has 2 nitrogen and oxygen atoms in total. The predicted molar refractivity (Wildman–Crippen MR) is 45.7 cm³/mol. The Bertz CT molecular complexity index is 161. The summed E-state index contributed by atoms with van der Waals surface area (Å²) >= 11 is 5.67. The van der Waals surface area contributed by atoms with Crippen LogP contribution in [0, 0.1) is 0 Å². The van der Waals surface area contributed by atoms with E-state index in [1.807, 2.05) is 19.9 Å². The highest BCUT2D eigenvalue weighted by atomic mass is 35.5. The van der Waals surface area contributed by atoms with Gasteiger partial charge in [-0.05, 0) is 19.4 Å². The molecule has 0 aliphatic heterocycles. The number of ether oxygens (including phenoxy) is 1. The summed E-state index contributed by atoms with van der Waals surface area (Å²) in [5, 5.41) is -0.00874. The third-order valence-electron chi connectivity index (χ3n) is 1.02. The Labute approximate surface area is 72.2 Å². The lowest BCUT2D eigenvalue weighted by molar-refractivity contribution is -0.139. The van der Waals surface area contributed by atoms with E-state index in [-0.39, 0.29) is 11.3 Å². The molecule has 11 heavy (non-hydrogen) atoms. The molecule has 0 heterocycles. The Morgan fingerprint density at radius 2 is 2.18 bits per heavy atom. The number of rotatable bonds is 3. The Hall–Kier alpha value is -0.500. The van der Waals surface area contributed by atoms with Crippen LogP contribution in [0.25, 0.3) is 0 Å². The first-order chi connectivity index (χ1) is 5.02. The molecule has 0 aromatic heterocycles. The SMILES string of the molecule is CC(=O)OC/C(C)=C/C(C)Cl. The van der Waals surface area contributed by atoms with Gasteiger partial charge in [0.2, 0.25) is 0 Å². The van der Waals surface area contributed by atoms with Crippen LogP contribution in [-0.4, -0.2) is 18.0 Å². The summed E-state index contributed by atoms with van der Waals surface area (Å²) < 4.78 is 4.74. The zero-order valence-electron chi connectivity index (χ0n) is 7.06. The molecule has 3 heteroatoms. The van der Waals surface area contributed by atoms with Crippen molar-refractivity contribution >= 4 is 17.6 Å². The van der Waals surface area contributed by atoms with Crippen LogP contribution in [0.5, 0.6) is 0 Å². The van der Waals surface area contributed by atoms with Crippen molar-refractivity contribution in [2.75, 3.05) is 6.61 Å². The summed E-state index contributed by atoms with van der Waals surface area (Å²) in [7, 11) is 0. The normalized spacial score (nSPS) is 14.4. The summed E-state index contributed by atoms with van der Waals surface area (Å²) in [6.07, 6.45) is 1.85. The van der Waals surface area contributed by atoms with E-state index >= 15 is 0 Å². The quantitative estimate of drug-likeness (QED) is 0.374. The van der Waals surface area contributed by atoms with Gasteiger partial charge in [0.1, 0.15) is 6.61 Å². The van der Waals surface area contributed by atoms with E-state index in [0.717, 1.165) is 5.57 Å². The maximum Gasteiger partial charge on any atom is 0.302 e. The number of carbonyl (C=O) groups is 1. The van der Waals surface area contributed by atoms with Crippen molar-refractivity contribution in [3.05, 3.63) is 11.6 Å². The molecule has 0 aromatic rings. The van der Waals surface area contributed by atoms with Gasteiger partial charge >= 0.3 is 5.97 Å². The van der Waals surface area contributed by atoms with Crippen LogP contribution < -0.4 is 0 Å². The molecule has 0 saturated heterocycles. The van der Waals surface area contributed by atoms with Gasteiger partial charge in [0, 0.05) is 12.3 Å². The van der Waals surface area contributed by atoms with Crippen LogP contribution in [0.2, 0.25) is 0 Å². The molecule has 0 saturated carbocycles. The van der Waals surface area contributed by atoms with Gasteiger partial charge in [-0.25, -0.2) is 0 Å². The fraction of sp³-hybridized carbons (Fsp3) is 0.625. The van der Waals surface area contributed by atoms with E-state index in [1.165, 1.54) is 6.92 Å². The molecule has 0 aromatic carbocycles. The van der Waals surface area contributed by atoms with Gasteiger partial charge in [-0.1, -0.05) is 6.08 Å². The molecule has 0 radical (unpaired) electrons. The van der Waals surface area contributed by atoms with Crippen LogP contribution >= 0.6 is 11.6 Å². The first kappa shape index (κ1) is 10.5. The van der Waals surface area contributed by atoms with E-state index in [1.54, 1.807) is 0 Å². The molecule has 0 spiro atoms. The minimum Gasteiger partial charge on any atom is -0.461 e. The average Bonchev–Trinajstić information content (AvgIpc) is 1.82. The van der Waals surface area contributed by atoms with Crippen molar-refractivity contribution in [2.24, 2.45) is 0 Å². The molecule has 0 fully saturated rings. The highest BCUT2D eigenvalue weighted by Gasteiger charge is 1.96. The van der Waals surface area contributed by atoms with E-state index in [2.05, 4.69) is 0 Å². The largest absolute Gasteiger partial charge is 0.461 e. The predicted octanol–water partition coefficient (Wildman–Crippen LogP) is 2.12. The van der Waals surface area contributed by atoms with Crippen molar-refractivity contribution in [1.29, 1.82) is 0 Å². The first-order valence-electron chi connectivity index (χ1n) is 3.47. The number of alkyl halides is 1. The van der Waals surface area contributed by atoms with E-state index in [0.29, 0.717) is 6.61 Å². The molecule has 0 aliphatic rings. The second-order valence-corrected chi connectivity index (χ2v) is 3.16. The molecule has 0 rings (SSSR count). The summed E-state index contributed by atoms with van der Waals surface area (Å²) in [4.78, 5) is 10.4. The van der Waals surface area contributed by atoms with E-state index < -0.39 is 0 Å². The van der Waals surface area contributed by atoms with Gasteiger partial charge in [0.15, 0.2) is 0 Å². The number of carbonyl (C=O) groups excluding carboxylic acids is 1. The van der Waals surface area contributed by atoms with Crippen LogP contribution in [0.1, 0.15) is 20.8 Å². The van der Waals surface area contributed by atoms with Crippen molar-refractivity contribution in [3.63, 3.8) is 0 Å². The second-order valence-electron chi connectivity index (χ2n) is 2.47. The van der Waals surface area contributed by atoms with Gasteiger partial charge in [0.25, 0.3) is 0 Å². The van der Waals surface area contributed by atoms with Gasteiger partial charge in [-0.15, -0.1) is 11.6 Å². The molecular formula is C8H13ClO2. The van der Waals surface area contributed by atoms with E-state index in [4.69, 9.17) is 16.3 Å². The third-order valence-corrected chi connectivity index (χ3v) is 1.14. The number of allylic oxidation sites excluding steroid dienone is 1. The first-order valence-corrected chi connectivity index (χ1v) is 3.90. The Balaban J connectivity index is 3.68. The topological polar surface area (TPSA) is 26.3 Å². The maximum atomic E-state index is 10.4. The maximum absolute atomic E-state index is 10.4. The number of esters is 1. The third kappa shape index (κ3) is 7.40. The van der Waals surface area contributed by atoms with Crippen LogP contribution in [0.4, 0.5) is 0 Å². The molecule has 1 unspecified atom stereocenters. The lowest BCUT2D eigenvalue weighted by Gasteiger charge is -2.02. The minimum absolute atomic E-state index is 0.00874. The number of halogens is 1. The molecule has 0 amide bonds. The standard InChI is InChI=1S/C8H13ClO2/c1-6(4-7(2)9)5-11-8(3)10/h4,7H,5H2,1-3H3/b6-4+. The molecule has 0 N–H and O–H groups in total. The lowest BCUT2D eigenvalue weighted by atomic mass is 10.2. The number of hydrogen-bond donors (Lipinski definition) is 0. The van der Waals surface area contributed by atoms with Gasteiger partial charge in [-0.2, -0.15) is 0 Å². The Morgan fingerprint density at radius 3 is 2.55 bits per heavy atom. The molecule has 1 atom stereocenters. The Morgan fingerprint density at radius 1 is 1.64 bits per heavy atom. The minimum atomic E-state index is -0.264. The molecular weight excluding hydrogens is 164 g/mol. The van der Waals surface area contributed by atoms with Gasteiger partial charge in [0.05, 0.1) is 0 Å². The van der Waals surface area contributed by atoms with Crippen LogP contribution in [-0.2, 0) is 9.53 Å². The second kappa shape index (κ2) is 5.19. The van der Waals surface area contributed by atoms with Crippen molar-refractivity contribution in [3.8, 4) is 0 Å². The van der Waals surface area contributed by atoms with Gasteiger partial charge < -0.3 is 4.74 Å². The summed E-state index contributed by atoms with van der Waals surface area (Å²) in [6, 6.07) is 0. The fourth-order valence-corrected chi connectivity index (χ4v) is 0.871. The van der Waals surface area contributed by atoms with Crippen molar-refractivity contribution in [2.45, 2.75) is 26.1 Å². The Kier molecular flexibility index (Phi) is 4.95. The fourth-order valence-electron chi connectivity index (χ4n) is 0.656. The van der Waals surface area contributed by atoms with Gasteiger partial charge in [-0.3, -0.25) is 4.79 Å². The smallest absolute Gasteiger partial charge is 0.302 e. The summed E-state index contributed by atoms with van der Waals surface area (Å²) in [5.41, 5.74) is 0.975. The zero-order chi connectivity index (χ0) is 8.85. The van der Waals surface area contributed by atoms with Crippen LogP contribution in [0.15, 0.2) is 11.6 Å². The van der Waals surface area contributed by atoms with Crippen molar-refractivity contribution < 1.29 is 9.53 Å². The number of hydrogen-bond acceptors (Lipinski definition) is 2. The molecule has 0 bridgehead atoms. The van der Waals surface area contributed by atoms with Crippen LogP contribution in [0.3, 0.4) is 0 Å². The molecule has 0 aliphatic carbocycles.